The van der Waals surface area contributed by atoms with Crippen LogP contribution in [0.2, 0.25) is 0 Å². The molecule has 0 saturated carbocycles. The number of ether oxygens (including phenoxy) is 1. The highest BCUT2D eigenvalue weighted by molar-refractivity contribution is 5.79. The van der Waals surface area contributed by atoms with Crippen molar-refractivity contribution in [3.8, 4) is 16.9 Å². The summed E-state index contributed by atoms with van der Waals surface area (Å²) >= 11 is 0. The van der Waals surface area contributed by atoms with E-state index in [4.69, 9.17) is 4.74 Å². The normalized spacial score (nSPS) is 19.9. The fourth-order valence-corrected chi connectivity index (χ4v) is 3.50. The van der Waals surface area contributed by atoms with Gasteiger partial charge in [-0.1, -0.05) is 42.5 Å². The van der Waals surface area contributed by atoms with Crippen molar-refractivity contribution in [1.82, 2.24) is 10.2 Å². The lowest BCUT2D eigenvalue weighted by Crippen LogP contribution is -2.41. The molecule has 2 aromatic rings. The summed E-state index contributed by atoms with van der Waals surface area (Å²) in [5.74, 6) is -0.0464. The molecule has 0 bridgehead atoms. The van der Waals surface area contributed by atoms with Crippen molar-refractivity contribution in [2.45, 2.75) is 26.3 Å². The number of urea groups is 1. The zero-order chi connectivity index (χ0) is 20.3. The molecule has 2 N–H and O–H groups in total. The van der Waals surface area contributed by atoms with Gasteiger partial charge in [-0.2, -0.15) is 0 Å². The Kier molecular flexibility index (Phi) is 5.58. The van der Waals surface area contributed by atoms with Crippen LogP contribution in [0.4, 0.5) is 4.79 Å². The molecule has 2 amide bonds. The van der Waals surface area contributed by atoms with E-state index >= 15 is 0 Å². The first-order valence-electron chi connectivity index (χ1n) is 9.36. The van der Waals surface area contributed by atoms with Crippen LogP contribution in [-0.4, -0.2) is 42.2 Å². The minimum Gasteiger partial charge on any atom is -0.496 e. The highest BCUT2D eigenvalue weighted by atomic mass is 16.5. The fraction of sp³-hybridized carbons (Fsp3) is 0.364. The molecule has 148 valence electrons. The van der Waals surface area contributed by atoms with Gasteiger partial charge in [0.25, 0.3) is 0 Å². The maximum Gasteiger partial charge on any atom is 0.317 e. The Balaban J connectivity index is 1.66. The van der Waals surface area contributed by atoms with E-state index in [9.17, 15) is 14.7 Å². The smallest absolute Gasteiger partial charge is 0.317 e. The van der Waals surface area contributed by atoms with E-state index in [0.717, 1.165) is 22.4 Å². The standard InChI is InChI=1S/C22H26N2O4/c1-15(23-21(27)24-13-12-22(2,14-24)20(25)26)16-8-10-17(11-9-16)18-6-4-5-7-19(18)28-3/h4-11,15H,12-14H2,1-3H3,(H,23,27)(H,25,26). The number of rotatable bonds is 5. The van der Waals surface area contributed by atoms with Gasteiger partial charge < -0.3 is 20.1 Å². The van der Waals surface area contributed by atoms with Crippen LogP contribution >= 0.6 is 0 Å². The van der Waals surface area contributed by atoms with E-state index in [0.29, 0.717) is 13.0 Å². The summed E-state index contributed by atoms with van der Waals surface area (Å²) in [7, 11) is 1.65. The number of para-hydroxylation sites is 1. The van der Waals surface area contributed by atoms with E-state index in [1.807, 2.05) is 55.5 Å². The zero-order valence-electron chi connectivity index (χ0n) is 16.4. The summed E-state index contributed by atoms with van der Waals surface area (Å²) in [5.41, 5.74) is 2.17. The van der Waals surface area contributed by atoms with Gasteiger partial charge in [0.05, 0.1) is 18.6 Å². The van der Waals surface area contributed by atoms with Crippen LogP contribution in [0.5, 0.6) is 5.75 Å². The molecule has 1 fully saturated rings. The Hall–Kier alpha value is -3.02. The van der Waals surface area contributed by atoms with Gasteiger partial charge in [0.1, 0.15) is 5.75 Å². The second kappa shape index (κ2) is 7.92. The van der Waals surface area contributed by atoms with E-state index in [2.05, 4.69) is 5.32 Å². The summed E-state index contributed by atoms with van der Waals surface area (Å²) in [5, 5.41) is 12.3. The summed E-state index contributed by atoms with van der Waals surface area (Å²) in [6.45, 7) is 4.28. The number of carboxylic acids is 1. The Morgan fingerprint density at radius 1 is 1.18 bits per heavy atom. The lowest BCUT2D eigenvalue weighted by molar-refractivity contribution is -0.147. The largest absolute Gasteiger partial charge is 0.496 e. The lowest BCUT2D eigenvalue weighted by atomic mass is 9.90. The Morgan fingerprint density at radius 2 is 1.86 bits per heavy atom. The minimum atomic E-state index is -0.864. The van der Waals surface area contributed by atoms with Crippen molar-refractivity contribution in [3.05, 3.63) is 54.1 Å². The van der Waals surface area contributed by atoms with E-state index in [-0.39, 0.29) is 18.6 Å². The molecule has 0 aliphatic carbocycles. The molecule has 28 heavy (non-hydrogen) atoms. The molecule has 2 atom stereocenters. The molecule has 6 nitrogen and oxygen atoms in total. The molecular weight excluding hydrogens is 356 g/mol. The first-order valence-corrected chi connectivity index (χ1v) is 9.36. The Morgan fingerprint density at radius 3 is 2.46 bits per heavy atom. The van der Waals surface area contributed by atoms with Crippen molar-refractivity contribution in [3.63, 3.8) is 0 Å². The molecule has 0 radical (unpaired) electrons. The number of amides is 2. The van der Waals surface area contributed by atoms with E-state index in [1.165, 1.54) is 0 Å². The predicted octanol–water partition coefficient (Wildman–Crippen LogP) is 3.93. The lowest BCUT2D eigenvalue weighted by Gasteiger charge is -2.23. The summed E-state index contributed by atoms with van der Waals surface area (Å²) < 4.78 is 5.42. The van der Waals surface area contributed by atoms with Gasteiger partial charge >= 0.3 is 12.0 Å². The molecule has 0 aromatic heterocycles. The number of carbonyl (C=O) groups excluding carboxylic acids is 1. The number of carboxylic acid groups (broad SMARTS) is 1. The highest BCUT2D eigenvalue weighted by Gasteiger charge is 2.42. The van der Waals surface area contributed by atoms with Gasteiger partial charge in [-0.15, -0.1) is 0 Å². The third-order valence-electron chi connectivity index (χ3n) is 5.45. The molecule has 1 heterocycles. The monoisotopic (exact) mass is 382 g/mol. The van der Waals surface area contributed by atoms with Crippen LogP contribution in [0, 0.1) is 5.41 Å². The van der Waals surface area contributed by atoms with Crippen molar-refractivity contribution in [2.75, 3.05) is 20.2 Å². The number of aliphatic carboxylic acids is 1. The maximum atomic E-state index is 12.5. The van der Waals surface area contributed by atoms with Crippen LogP contribution in [0.15, 0.2) is 48.5 Å². The Bertz CT molecular complexity index is 865. The molecule has 2 aromatic carbocycles. The number of carbonyl (C=O) groups is 2. The number of benzene rings is 2. The zero-order valence-corrected chi connectivity index (χ0v) is 16.4. The SMILES string of the molecule is COc1ccccc1-c1ccc(C(C)NC(=O)N2CCC(C)(C(=O)O)C2)cc1. The average molecular weight is 382 g/mol. The van der Waals surface area contributed by atoms with E-state index in [1.54, 1.807) is 18.9 Å². The quantitative estimate of drug-likeness (QED) is 0.821. The number of nitrogens with zero attached hydrogens (tertiary/aromatic N) is 1. The van der Waals surface area contributed by atoms with Crippen LogP contribution in [0.25, 0.3) is 11.1 Å². The third-order valence-corrected chi connectivity index (χ3v) is 5.45. The van der Waals surface area contributed by atoms with Crippen molar-refractivity contribution < 1.29 is 19.4 Å². The molecule has 0 spiro atoms. The fourth-order valence-electron chi connectivity index (χ4n) is 3.50. The van der Waals surface area contributed by atoms with Crippen molar-refractivity contribution in [1.29, 1.82) is 0 Å². The second-order valence-electron chi connectivity index (χ2n) is 7.53. The minimum absolute atomic E-state index is 0.184. The van der Waals surface area contributed by atoms with Crippen LogP contribution in [0.1, 0.15) is 31.9 Å². The molecule has 3 rings (SSSR count). The van der Waals surface area contributed by atoms with Crippen molar-refractivity contribution in [2.24, 2.45) is 5.41 Å². The molecule has 1 aliphatic heterocycles. The first kappa shape index (κ1) is 19.7. The number of nitrogens with one attached hydrogen (secondary N) is 1. The Labute approximate surface area is 165 Å². The van der Waals surface area contributed by atoms with Crippen LogP contribution in [-0.2, 0) is 4.79 Å². The van der Waals surface area contributed by atoms with Gasteiger partial charge in [-0.05, 0) is 37.5 Å². The highest BCUT2D eigenvalue weighted by Crippen LogP contribution is 2.31. The predicted molar refractivity (Wildman–Crippen MR) is 107 cm³/mol. The van der Waals surface area contributed by atoms with E-state index < -0.39 is 11.4 Å². The summed E-state index contributed by atoms with van der Waals surface area (Å²) in [6, 6.07) is 15.4. The summed E-state index contributed by atoms with van der Waals surface area (Å²) in [4.78, 5) is 25.5. The van der Waals surface area contributed by atoms with Crippen LogP contribution < -0.4 is 10.1 Å². The molecule has 6 heteroatoms. The average Bonchev–Trinajstić information content (AvgIpc) is 3.12. The number of likely N-dealkylation sites (tertiary alicyclic amines) is 1. The topological polar surface area (TPSA) is 78.9 Å². The van der Waals surface area contributed by atoms with Gasteiger partial charge in [-0.25, -0.2) is 4.79 Å². The summed E-state index contributed by atoms with van der Waals surface area (Å²) in [6.07, 6.45) is 0.470. The maximum absolute atomic E-state index is 12.5. The first-order chi connectivity index (χ1) is 13.3. The van der Waals surface area contributed by atoms with Gasteiger partial charge in [0.2, 0.25) is 0 Å². The van der Waals surface area contributed by atoms with Crippen LogP contribution in [0.3, 0.4) is 0 Å². The second-order valence-corrected chi connectivity index (χ2v) is 7.53. The third kappa shape index (κ3) is 3.96. The van der Waals surface area contributed by atoms with Gasteiger partial charge in [-0.3, -0.25) is 4.79 Å². The molecule has 1 aliphatic rings. The number of hydrogen-bond donors (Lipinski definition) is 2. The van der Waals surface area contributed by atoms with Gasteiger partial charge in [0, 0.05) is 18.7 Å². The molecule has 1 saturated heterocycles. The molecule has 2 unspecified atom stereocenters. The number of methoxy groups -OCH3 is 1. The van der Waals surface area contributed by atoms with Gasteiger partial charge in [0.15, 0.2) is 0 Å². The molecular formula is C22H26N2O4. The number of hydrogen-bond acceptors (Lipinski definition) is 3. The van der Waals surface area contributed by atoms with Crippen molar-refractivity contribution >= 4 is 12.0 Å².